The number of hydrogen-bond acceptors (Lipinski definition) is 2. The van der Waals surface area contributed by atoms with Gasteiger partial charge < -0.3 is 10.2 Å². The van der Waals surface area contributed by atoms with E-state index in [4.69, 9.17) is 0 Å². The van der Waals surface area contributed by atoms with Crippen LogP contribution in [0.2, 0.25) is 0 Å². The molecule has 1 aliphatic heterocycles. The minimum absolute atomic E-state index is 0.0129. The molecule has 1 heterocycles. The van der Waals surface area contributed by atoms with Gasteiger partial charge in [0.1, 0.15) is 5.67 Å². The first kappa shape index (κ1) is 12.4. The van der Waals surface area contributed by atoms with E-state index in [9.17, 15) is 9.18 Å². The molecule has 1 amide bonds. The van der Waals surface area contributed by atoms with E-state index in [-0.39, 0.29) is 18.4 Å². The van der Waals surface area contributed by atoms with Crippen molar-refractivity contribution in [3.05, 3.63) is 0 Å². The van der Waals surface area contributed by atoms with Crippen LogP contribution in [0.1, 0.15) is 33.1 Å². The Morgan fingerprint density at radius 3 is 2.47 bits per heavy atom. The minimum atomic E-state index is -1.29. The fourth-order valence-corrected chi connectivity index (χ4v) is 1.86. The normalized spacial score (nSPS) is 21.7. The molecule has 1 fully saturated rings. The van der Waals surface area contributed by atoms with Crippen molar-refractivity contribution in [2.24, 2.45) is 0 Å². The summed E-state index contributed by atoms with van der Waals surface area (Å²) < 4.78 is 14.2. The first-order valence-corrected chi connectivity index (χ1v) is 5.58. The third kappa shape index (κ3) is 4.16. The number of hydrogen-bond donors (Lipinski definition) is 1. The van der Waals surface area contributed by atoms with E-state index < -0.39 is 5.67 Å². The highest BCUT2D eigenvalue weighted by Crippen LogP contribution is 2.29. The van der Waals surface area contributed by atoms with Crippen molar-refractivity contribution in [1.29, 1.82) is 0 Å². The number of likely N-dealkylation sites (tertiary alicyclic amines) is 1. The Labute approximate surface area is 91.0 Å². The zero-order valence-electron chi connectivity index (χ0n) is 9.85. The maximum Gasteiger partial charge on any atom is 0.223 e. The van der Waals surface area contributed by atoms with Crippen molar-refractivity contribution in [3.63, 3.8) is 0 Å². The quantitative estimate of drug-likeness (QED) is 0.772. The summed E-state index contributed by atoms with van der Waals surface area (Å²) in [5.74, 6) is -0.169. The number of carbonyl (C=O) groups is 1. The Morgan fingerprint density at radius 2 is 2.00 bits per heavy atom. The Balaban J connectivity index is 2.39. The number of piperidine rings is 1. The molecule has 15 heavy (non-hydrogen) atoms. The summed E-state index contributed by atoms with van der Waals surface area (Å²) in [5.41, 5.74) is -1.29. The van der Waals surface area contributed by atoms with E-state index in [0.29, 0.717) is 12.8 Å². The topological polar surface area (TPSA) is 32.3 Å². The van der Waals surface area contributed by atoms with E-state index in [1.165, 1.54) is 0 Å². The van der Waals surface area contributed by atoms with Gasteiger partial charge in [-0.05, 0) is 33.7 Å². The molecule has 1 rings (SSSR count). The van der Waals surface area contributed by atoms with Crippen LogP contribution in [0.5, 0.6) is 0 Å². The van der Waals surface area contributed by atoms with Crippen LogP contribution in [0.15, 0.2) is 0 Å². The molecule has 3 nitrogen and oxygen atoms in total. The van der Waals surface area contributed by atoms with Crippen LogP contribution in [0.4, 0.5) is 4.39 Å². The van der Waals surface area contributed by atoms with Crippen molar-refractivity contribution < 1.29 is 9.18 Å². The summed E-state index contributed by atoms with van der Waals surface area (Å²) in [6.07, 6.45) is 0.947. The van der Waals surface area contributed by atoms with Crippen LogP contribution in [0.3, 0.4) is 0 Å². The average Bonchev–Trinajstić information content (AvgIpc) is 2.09. The van der Waals surface area contributed by atoms with Gasteiger partial charge in [-0.15, -0.1) is 0 Å². The number of nitrogens with one attached hydrogen (secondary N) is 1. The van der Waals surface area contributed by atoms with Gasteiger partial charge >= 0.3 is 0 Å². The van der Waals surface area contributed by atoms with E-state index in [0.717, 1.165) is 13.1 Å². The van der Waals surface area contributed by atoms with Gasteiger partial charge in [-0.3, -0.25) is 4.79 Å². The third-order valence-corrected chi connectivity index (χ3v) is 2.81. The van der Waals surface area contributed by atoms with Crippen molar-refractivity contribution in [1.82, 2.24) is 10.2 Å². The van der Waals surface area contributed by atoms with Gasteiger partial charge in [0.2, 0.25) is 5.91 Å². The monoisotopic (exact) mass is 216 g/mol. The highest BCUT2D eigenvalue weighted by atomic mass is 19.1. The summed E-state index contributed by atoms with van der Waals surface area (Å²) >= 11 is 0. The summed E-state index contributed by atoms with van der Waals surface area (Å²) in [6, 6.07) is 0.0902. The van der Waals surface area contributed by atoms with Gasteiger partial charge in [-0.2, -0.15) is 0 Å². The van der Waals surface area contributed by atoms with Crippen molar-refractivity contribution in [2.45, 2.75) is 44.8 Å². The molecule has 1 saturated heterocycles. The lowest BCUT2D eigenvalue weighted by Crippen LogP contribution is -2.43. The largest absolute Gasteiger partial charge is 0.354 e. The number of nitrogens with zero attached hydrogens (tertiary/aromatic N) is 1. The maximum atomic E-state index is 14.2. The lowest BCUT2D eigenvalue weighted by Gasteiger charge is -2.34. The van der Waals surface area contributed by atoms with Crippen LogP contribution >= 0.6 is 0 Å². The van der Waals surface area contributed by atoms with E-state index in [1.807, 2.05) is 20.9 Å². The van der Waals surface area contributed by atoms with Gasteiger partial charge in [0, 0.05) is 19.1 Å². The molecule has 1 aliphatic rings. The number of rotatable bonds is 3. The first-order valence-electron chi connectivity index (χ1n) is 5.58. The zero-order valence-corrected chi connectivity index (χ0v) is 9.85. The van der Waals surface area contributed by atoms with Gasteiger partial charge in [-0.25, -0.2) is 4.39 Å². The molecule has 1 N–H and O–H groups in total. The van der Waals surface area contributed by atoms with Gasteiger partial charge in [-0.1, -0.05) is 0 Å². The Bertz CT molecular complexity index is 223. The van der Waals surface area contributed by atoms with Crippen molar-refractivity contribution in [3.8, 4) is 0 Å². The SMILES string of the molecule is CC(C)NC(=O)CC1(F)CCN(C)CC1. The maximum absolute atomic E-state index is 14.2. The highest BCUT2D eigenvalue weighted by molar-refractivity contribution is 5.77. The first-order chi connectivity index (χ1) is 6.91. The second-order valence-corrected chi connectivity index (χ2v) is 4.85. The molecule has 0 spiro atoms. The second kappa shape index (κ2) is 4.92. The van der Waals surface area contributed by atoms with Crippen molar-refractivity contribution >= 4 is 5.91 Å². The van der Waals surface area contributed by atoms with Gasteiger partial charge in [0.15, 0.2) is 0 Å². The summed E-state index contributed by atoms with van der Waals surface area (Å²) in [5, 5.41) is 2.73. The predicted molar refractivity (Wildman–Crippen MR) is 58.5 cm³/mol. The number of alkyl halides is 1. The molecular formula is C11H21FN2O. The Hall–Kier alpha value is -0.640. The molecule has 0 aromatic rings. The third-order valence-electron chi connectivity index (χ3n) is 2.81. The average molecular weight is 216 g/mol. The smallest absolute Gasteiger partial charge is 0.223 e. The van der Waals surface area contributed by atoms with E-state index in [2.05, 4.69) is 10.2 Å². The molecule has 4 heteroatoms. The molecule has 0 unspecified atom stereocenters. The van der Waals surface area contributed by atoms with Crippen LogP contribution < -0.4 is 5.32 Å². The standard InChI is InChI=1S/C11H21FN2O/c1-9(2)13-10(15)8-11(12)4-6-14(3)7-5-11/h9H,4-8H2,1-3H3,(H,13,15). The number of amides is 1. The molecule has 0 bridgehead atoms. The molecule has 0 aromatic carbocycles. The number of halogens is 1. The van der Waals surface area contributed by atoms with Crippen LogP contribution in [0, 0.1) is 0 Å². The summed E-state index contributed by atoms with van der Waals surface area (Å²) in [6.45, 7) is 5.26. The Kier molecular flexibility index (Phi) is 4.08. The Morgan fingerprint density at radius 1 is 1.47 bits per heavy atom. The van der Waals surface area contributed by atoms with Crippen LogP contribution in [-0.2, 0) is 4.79 Å². The molecule has 0 atom stereocenters. The minimum Gasteiger partial charge on any atom is -0.354 e. The fourth-order valence-electron chi connectivity index (χ4n) is 1.86. The number of carbonyl (C=O) groups excluding carboxylic acids is 1. The molecule has 0 saturated carbocycles. The molecule has 88 valence electrons. The summed E-state index contributed by atoms with van der Waals surface area (Å²) in [4.78, 5) is 13.5. The summed E-state index contributed by atoms with van der Waals surface area (Å²) in [7, 11) is 1.98. The molecular weight excluding hydrogens is 195 g/mol. The second-order valence-electron chi connectivity index (χ2n) is 4.85. The predicted octanol–water partition coefficient (Wildman–Crippen LogP) is 1.33. The van der Waals surface area contributed by atoms with Crippen LogP contribution in [0.25, 0.3) is 0 Å². The molecule has 0 radical (unpaired) electrons. The zero-order chi connectivity index (χ0) is 11.5. The lowest BCUT2D eigenvalue weighted by atomic mass is 9.90. The van der Waals surface area contributed by atoms with Crippen molar-refractivity contribution in [2.75, 3.05) is 20.1 Å². The molecule has 0 aromatic heterocycles. The van der Waals surface area contributed by atoms with Gasteiger partial charge in [0.05, 0.1) is 6.42 Å². The lowest BCUT2D eigenvalue weighted by molar-refractivity contribution is -0.125. The van der Waals surface area contributed by atoms with E-state index >= 15 is 0 Å². The fraction of sp³-hybridized carbons (Fsp3) is 0.909. The van der Waals surface area contributed by atoms with E-state index in [1.54, 1.807) is 0 Å². The highest BCUT2D eigenvalue weighted by Gasteiger charge is 2.35. The van der Waals surface area contributed by atoms with Gasteiger partial charge in [0.25, 0.3) is 0 Å². The van der Waals surface area contributed by atoms with Crippen LogP contribution in [-0.4, -0.2) is 42.7 Å². The molecule has 0 aliphatic carbocycles.